The van der Waals surface area contributed by atoms with Crippen molar-refractivity contribution in [2.45, 2.75) is 19.9 Å². The molecule has 1 amide bonds. The number of methoxy groups -OCH3 is 2. The number of hydrogen-bond donors (Lipinski definition) is 0. The van der Waals surface area contributed by atoms with Gasteiger partial charge in [0, 0.05) is 23.5 Å². The molecule has 0 spiro atoms. The van der Waals surface area contributed by atoms with E-state index in [2.05, 4.69) is 15.9 Å². The van der Waals surface area contributed by atoms with Crippen LogP contribution in [0.3, 0.4) is 0 Å². The lowest BCUT2D eigenvalue weighted by molar-refractivity contribution is 0.0719. The van der Waals surface area contributed by atoms with Crippen molar-refractivity contribution < 1.29 is 14.3 Å². The zero-order valence-corrected chi connectivity index (χ0v) is 13.4. The molecule has 0 unspecified atom stereocenters. The first-order valence-electron chi connectivity index (χ1n) is 6.14. The standard InChI is InChI=1S/C14H20BrNO3/c1-10(2)16(8-7-15)14(17)11-5-6-12(18-3)13(9-11)19-4/h5-6,9-10H,7-8H2,1-4H3. The Kier molecular flexibility index (Phi) is 6.15. The zero-order valence-electron chi connectivity index (χ0n) is 11.8. The molecular weight excluding hydrogens is 310 g/mol. The van der Waals surface area contributed by atoms with Crippen LogP contribution in [-0.4, -0.2) is 42.9 Å². The Morgan fingerprint density at radius 1 is 1.26 bits per heavy atom. The maximum absolute atomic E-state index is 12.5. The van der Waals surface area contributed by atoms with Crippen molar-refractivity contribution in [1.29, 1.82) is 0 Å². The van der Waals surface area contributed by atoms with Crippen LogP contribution in [0.15, 0.2) is 18.2 Å². The Hall–Kier alpha value is -1.23. The summed E-state index contributed by atoms with van der Waals surface area (Å²) in [5, 5.41) is 0.754. The number of halogens is 1. The average molecular weight is 330 g/mol. The molecule has 0 aliphatic carbocycles. The minimum atomic E-state index is -0.00426. The number of benzene rings is 1. The summed E-state index contributed by atoms with van der Waals surface area (Å²) < 4.78 is 10.4. The Morgan fingerprint density at radius 3 is 2.37 bits per heavy atom. The number of carbonyl (C=O) groups is 1. The molecule has 4 nitrogen and oxygen atoms in total. The fourth-order valence-electron chi connectivity index (χ4n) is 1.82. The monoisotopic (exact) mass is 329 g/mol. The lowest BCUT2D eigenvalue weighted by atomic mass is 10.1. The van der Waals surface area contributed by atoms with Crippen molar-refractivity contribution in [3.8, 4) is 11.5 Å². The fourth-order valence-corrected chi connectivity index (χ4v) is 2.20. The third kappa shape index (κ3) is 3.86. The van der Waals surface area contributed by atoms with Gasteiger partial charge >= 0.3 is 0 Å². The van der Waals surface area contributed by atoms with Crippen LogP contribution >= 0.6 is 15.9 Å². The highest BCUT2D eigenvalue weighted by Crippen LogP contribution is 2.28. The van der Waals surface area contributed by atoms with E-state index in [1.807, 2.05) is 18.7 Å². The number of carbonyl (C=O) groups excluding carboxylic acids is 1. The summed E-state index contributed by atoms with van der Waals surface area (Å²) in [6.07, 6.45) is 0. The van der Waals surface area contributed by atoms with Crippen molar-refractivity contribution in [2.75, 3.05) is 26.1 Å². The van der Waals surface area contributed by atoms with Gasteiger partial charge in [-0.2, -0.15) is 0 Å². The van der Waals surface area contributed by atoms with Crippen LogP contribution in [0, 0.1) is 0 Å². The molecule has 0 bridgehead atoms. The molecule has 1 aromatic rings. The van der Waals surface area contributed by atoms with Gasteiger partial charge in [0.25, 0.3) is 5.91 Å². The van der Waals surface area contributed by atoms with Crippen LogP contribution in [0.1, 0.15) is 24.2 Å². The van der Waals surface area contributed by atoms with E-state index in [1.54, 1.807) is 32.4 Å². The molecule has 0 atom stereocenters. The molecule has 0 aliphatic heterocycles. The molecule has 0 heterocycles. The zero-order chi connectivity index (χ0) is 14.4. The van der Waals surface area contributed by atoms with Gasteiger partial charge < -0.3 is 14.4 Å². The number of hydrogen-bond acceptors (Lipinski definition) is 3. The number of alkyl halides is 1. The van der Waals surface area contributed by atoms with E-state index < -0.39 is 0 Å². The Labute approximate surface area is 122 Å². The van der Waals surface area contributed by atoms with Gasteiger partial charge in [0.2, 0.25) is 0 Å². The summed E-state index contributed by atoms with van der Waals surface area (Å²) in [5.74, 6) is 1.18. The van der Waals surface area contributed by atoms with Gasteiger partial charge in [-0.15, -0.1) is 0 Å². The summed E-state index contributed by atoms with van der Waals surface area (Å²) in [4.78, 5) is 14.3. The molecule has 0 aliphatic rings. The van der Waals surface area contributed by atoms with E-state index in [-0.39, 0.29) is 11.9 Å². The molecule has 0 fully saturated rings. The van der Waals surface area contributed by atoms with E-state index in [9.17, 15) is 4.79 Å². The number of nitrogens with zero attached hydrogens (tertiary/aromatic N) is 1. The minimum absolute atomic E-state index is 0.00426. The summed E-state index contributed by atoms with van der Waals surface area (Å²) in [5.41, 5.74) is 0.604. The predicted molar refractivity (Wildman–Crippen MR) is 79.5 cm³/mol. The SMILES string of the molecule is COc1ccc(C(=O)N(CCBr)C(C)C)cc1OC. The molecule has 0 radical (unpaired) electrons. The number of rotatable bonds is 6. The Balaban J connectivity index is 3.04. The molecule has 0 saturated heterocycles. The van der Waals surface area contributed by atoms with Crippen molar-refractivity contribution >= 4 is 21.8 Å². The molecule has 19 heavy (non-hydrogen) atoms. The largest absolute Gasteiger partial charge is 0.493 e. The van der Waals surface area contributed by atoms with Gasteiger partial charge in [-0.3, -0.25) is 4.79 Å². The van der Waals surface area contributed by atoms with E-state index >= 15 is 0 Å². The second-order valence-corrected chi connectivity index (χ2v) is 5.14. The molecular formula is C14H20BrNO3. The summed E-state index contributed by atoms with van der Waals surface area (Å²) >= 11 is 3.37. The molecule has 0 saturated carbocycles. The van der Waals surface area contributed by atoms with Crippen molar-refractivity contribution in [1.82, 2.24) is 4.90 Å². The fraction of sp³-hybridized carbons (Fsp3) is 0.500. The van der Waals surface area contributed by atoms with Crippen LogP contribution in [0.5, 0.6) is 11.5 Å². The number of amides is 1. The average Bonchev–Trinajstić information content (AvgIpc) is 2.42. The van der Waals surface area contributed by atoms with Gasteiger partial charge in [-0.05, 0) is 32.0 Å². The first-order valence-corrected chi connectivity index (χ1v) is 7.26. The second-order valence-electron chi connectivity index (χ2n) is 4.35. The van der Waals surface area contributed by atoms with E-state index in [0.29, 0.717) is 23.6 Å². The smallest absolute Gasteiger partial charge is 0.254 e. The summed E-state index contributed by atoms with van der Waals surface area (Å²) in [6, 6.07) is 5.37. The van der Waals surface area contributed by atoms with Crippen LogP contribution in [0.25, 0.3) is 0 Å². The molecule has 106 valence electrons. The predicted octanol–water partition coefficient (Wildman–Crippen LogP) is 2.95. The molecule has 0 N–H and O–H groups in total. The third-order valence-electron chi connectivity index (χ3n) is 2.84. The lowest BCUT2D eigenvalue weighted by Crippen LogP contribution is -2.38. The van der Waals surface area contributed by atoms with Crippen molar-refractivity contribution in [3.63, 3.8) is 0 Å². The molecule has 1 aromatic carbocycles. The van der Waals surface area contributed by atoms with Crippen molar-refractivity contribution in [2.24, 2.45) is 0 Å². The maximum Gasteiger partial charge on any atom is 0.254 e. The van der Waals surface area contributed by atoms with E-state index in [4.69, 9.17) is 9.47 Å². The second kappa shape index (κ2) is 7.38. The quantitative estimate of drug-likeness (QED) is 0.753. The van der Waals surface area contributed by atoms with Crippen molar-refractivity contribution in [3.05, 3.63) is 23.8 Å². The Morgan fingerprint density at radius 2 is 1.89 bits per heavy atom. The molecule has 5 heteroatoms. The van der Waals surface area contributed by atoms with Crippen LogP contribution in [-0.2, 0) is 0 Å². The topological polar surface area (TPSA) is 38.8 Å². The van der Waals surface area contributed by atoms with Gasteiger partial charge in [0.15, 0.2) is 11.5 Å². The van der Waals surface area contributed by atoms with Crippen LogP contribution < -0.4 is 9.47 Å². The highest BCUT2D eigenvalue weighted by Gasteiger charge is 2.19. The van der Waals surface area contributed by atoms with E-state index in [0.717, 1.165) is 5.33 Å². The third-order valence-corrected chi connectivity index (χ3v) is 3.19. The molecule has 0 aromatic heterocycles. The highest BCUT2D eigenvalue weighted by atomic mass is 79.9. The highest BCUT2D eigenvalue weighted by molar-refractivity contribution is 9.09. The first-order chi connectivity index (χ1) is 9.04. The molecule has 1 rings (SSSR count). The number of ether oxygens (including phenoxy) is 2. The minimum Gasteiger partial charge on any atom is -0.493 e. The first kappa shape index (κ1) is 15.8. The summed E-state index contributed by atoms with van der Waals surface area (Å²) in [6.45, 7) is 4.67. The van der Waals surface area contributed by atoms with Gasteiger partial charge in [-0.25, -0.2) is 0 Å². The summed E-state index contributed by atoms with van der Waals surface area (Å²) in [7, 11) is 3.13. The van der Waals surface area contributed by atoms with Gasteiger partial charge in [0.05, 0.1) is 14.2 Å². The van der Waals surface area contributed by atoms with Gasteiger partial charge in [-0.1, -0.05) is 15.9 Å². The Bertz CT molecular complexity index is 435. The lowest BCUT2D eigenvalue weighted by Gasteiger charge is -2.26. The van der Waals surface area contributed by atoms with Gasteiger partial charge in [0.1, 0.15) is 0 Å². The van der Waals surface area contributed by atoms with E-state index in [1.165, 1.54) is 0 Å². The van der Waals surface area contributed by atoms with Crippen LogP contribution in [0.2, 0.25) is 0 Å². The van der Waals surface area contributed by atoms with Crippen LogP contribution in [0.4, 0.5) is 0 Å². The maximum atomic E-state index is 12.5. The normalized spacial score (nSPS) is 10.4.